The van der Waals surface area contributed by atoms with E-state index < -0.39 is 0 Å². The van der Waals surface area contributed by atoms with E-state index in [1.807, 2.05) is 38.1 Å². The molecule has 1 aliphatic rings. The molecule has 1 unspecified atom stereocenters. The second kappa shape index (κ2) is 8.24. The summed E-state index contributed by atoms with van der Waals surface area (Å²) in [5.41, 5.74) is 1.03. The van der Waals surface area contributed by atoms with E-state index in [0.29, 0.717) is 24.6 Å². The van der Waals surface area contributed by atoms with Crippen molar-refractivity contribution < 1.29 is 18.8 Å². The van der Waals surface area contributed by atoms with E-state index in [2.05, 4.69) is 10.5 Å². The van der Waals surface area contributed by atoms with Crippen LogP contribution in [0.25, 0.3) is 11.3 Å². The van der Waals surface area contributed by atoms with Crippen LogP contribution in [0.5, 0.6) is 5.75 Å². The van der Waals surface area contributed by atoms with Gasteiger partial charge in [0.2, 0.25) is 5.91 Å². The molecule has 3 rings (SSSR count). The Morgan fingerprint density at radius 2 is 2.15 bits per heavy atom. The lowest BCUT2D eigenvalue weighted by atomic mass is 9.96. The average Bonchev–Trinajstić information content (AvgIpc) is 3.17. The molecule has 2 heterocycles. The molecule has 1 aromatic heterocycles. The molecule has 1 saturated heterocycles. The summed E-state index contributed by atoms with van der Waals surface area (Å²) in [5.74, 6) is 0.805. The van der Waals surface area contributed by atoms with Crippen molar-refractivity contribution in [3.63, 3.8) is 0 Å². The minimum Gasteiger partial charge on any atom is -0.497 e. The van der Waals surface area contributed by atoms with Gasteiger partial charge in [-0.2, -0.15) is 0 Å². The molecule has 0 aliphatic carbocycles. The van der Waals surface area contributed by atoms with Crippen LogP contribution in [-0.2, 0) is 4.79 Å². The van der Waals surface area contributed by atoms with Crippen molar-refractivity contribution in [3.8, 4) is 17.1 Å². The van der Waals surface area contributed by atoms with Crippen molar-refractivity contribution in [1.82, 2.24) is 15.4 Å². The van der Waals surface area contributed by atoms with E-state index >= 15 is 0 Å². The van der Waals surface area contributed by atoms with Crippen molar-refractivity contribution in [1.29, 1.82) is 0 Å². The number of ether oxygens (including phenoxy) is 1. The summed E-state index contributed by atoms with van der Waals surface area (Å²) < 4.78 is 10.6. The number of nitrogens with zero attached hydrogens (tertiary/aromatic N) is 2. The Morgan fingerprint density at radius 1 is 1.33 bits per heavy atom. The van der Waals surface area contributed by atoms with E-state index in [0.717, 1.165) is 18.4 Å². The number of hydrogen-bond donors (Lipinski definition) is 1. The zero-order chi connectivity index (χ0) is 19.4. The normalized spacial score (nSPS) is 17.0. The van der Waals surface area contributed by atoms with Crippen LogP contribution in [0.4, 0.5) is 0 Å². The van der Waals surface area contributed by atoms with Gasteiger partial charge in [0.15, 0.2) is 11.5 Å². The first-order valence-corrected chi connectivity index (χ1v) is 9.18. The number of piperidine rings is 1. The van der Waals surface area contributed by atoms with Gasteiger partial charge in [0.05, 0.1) is 13.0 Å². The zero-order valence-electron chi connectivity index (χ0n) is 15.9. The standard InChI is InChI=1S/C20H25N3O4/c1-13(2)21-19(24)15-7-5-9-23(12-15)20(25)17-11-18(27-22-17)14-6-4-8-16(10-14)26-3/h4,6,8,10-11,13,15H,5,7,9,12H2,1-3H3,(H,21,24). The minimum absolute atomic E-state index is 0.000257. The molecule has 2 aromatic rings. The fourth-order valence-corrected chi connectivity index (χ4v) is 3.23. The van der Waals surface area contributed by atoms with Crippen molar-refractivity contribution in [2.45, 2.75) is 32.7 Å². The van der Waals surface area contributed by atoms with Crippen LogP contribution in [0.1, 0.15) is 37.2 Å². The molecule has 1 N–H and O–H groups in total. The van der Waals surface area contributed by atoms with Gasteiger partial charge in [-0.05, 0) is 38.8 Å². The number of rotatable bonds is 5. The van der Waals surface area contributed by atoms with Crippen molar-refractivity contribution in [3.05, 3.63) is 36.0 Å². The number of hydrogen-bond acceptors (Lipinski definition) is 5. The highest BCUT2D eigenvalue weighted by Crippen LogP contribution is 2.25. The number of likely N-dealkylation sites (tertiary alicyclic amines) is 1. The van der Waals surface area contributed by atoms with Gasteiger partial charge in [0.25, 0.3) is 5.91 Å². The highest BCUT2D eigenvalue weighted by molar-refractivity contribution is 5.93. The first-order valence-electron chi connectivity index (χ1n) is 9.18. The van der Waals surface area contributed by atoms with E-state index in [1.54, 1.807) is 18.1 Å². The molecule has 27 heavy (non-hydrogen) atoms. The maximum atomic E-state index is 12.8. The van der Waals surface area contributed by atoms with E-state index in [-0.39, 0.29) is 29.5 Å². The molecule has 144 valence electrons. The number of carbonyl (C=O) groups is 2. The molecule has 0 radical (unpaired) electrons. The Bertz CT molecular complexity index is 815. The lowest BCUT2D eigenvalue weighted by Gasteiger charge is -2.31. The van der Waals surface area contributed by atoms with Gasteiger partial charge < -0.3 is 19.5 Å². The lowest BCUT2D eigenvalue weighted by molar-refractivity contribution is -0.126. The Hall–Kier alpha value is -2.83. The second-order valence-corrected chi connectivity index (χ2v) is 7.06. The zero-order valence-corrected chi connectivity index (χ0v) is 15.9. The summed E-state index contributed by atoms with van der Waals surface area (Å²) in [5, 5.41) is 6.86. The molecule has 0 saturated carbocycles. The van der Waals surface area contributed by atoms with Gasteiger partial charge in [-0.1, -0.05) is 17.3 Å². The lowest BCUT2D eigenvalue weighted by Crippen LogP contribution is -2.46. The van der Waals surface area contributed by atoms with Crippen molar-refractivity contribution in [2.75, 3.05) is 20.2 Å². The highest BCUT2D eigenvalue weighted by Gasteiger charge is 2.30. The van der Waals surface area contributed by atoms with Crippen LogP contribution in [0.15, 0.2) is 34.9 Å². The first-order chi connectivity index (χ1) is 13.0. The number of carbonyl (C=O) groups excluding carboxylic acids is 2. The SMILES string of the molecule is COc1cccc(-c2cc(C(=O)N3CCCC(C(=O)NC(C)C)C3)no2)c1. The quantitative estimate of drug-likeness (QED) is 0.874. The van der Waals surface area contributed by atoms with Crippen molar-refractivity contribution in [2.24, 2.45) is 5.92 Å². The number of aromatic nitrogens is 1. The van der Waals surface area contributed by atoms with Gasteiger partial charge >= 0.3 is 0 Å². The Morgan fingerprint density at radius 3 is 2.89 bits per heavy atom. The number of benzene rings is 1. The van der Waals surface area contributed by atoms with Crippen LogP contribution >= 0.6 is 0 Å². The van der Waals surface area contributed by atoms with Gasteiger partial charge in [-0.25, -0.2) is 0 Å². The van der Waals surface area contributed by atoms with Crippen LogP contribution < -0.4 is 10.1 Å². The van der Waals surface area contributed by atoms with Gasteiger partial charge in [0.1, 0.15) is 5.75 Å². The van der Waals surface area contributed by atoms with Crippen LogP contribution in [-0.4, -0.2) is 48.1 Å². The maximum Gasteiger partial charge on any atom is 0.276 e. The summed E-state index contributed by atoms with van der Waals surface area (Å²) in [4.78, 5) is 26.8. The number of methoxy groups -OCH3 is 1. The predicted molar refractivity (Wildman–Crippen MR) is 100 cm³/mol. The monoisotopic (exact) mass is 371 g/mol. The first kappa shape index (κ1) is 18.9. The summed E-state index contributed by atoms with van der Waals surface area (Å²) in [6, 6.07) is 9.09. The number of amides is 2. The number of nitrogens with one attached hydrogen (secondary N) is 1. The Kier molecular flexibility index (Phi) is 5.78. The smallest absolute Gasteiger partial charge is 0.276 e. The van der Waals surface area contributed by atoms with E-state index in [9.17, 15) is 9.59 Å². The molecule has 0 spiro atoms. The van der Waals surface area contributed by atoms with Gasteiger partial charge in [-0.3, -0.25) is 9.59 Å². The topological polar surface area (TPSA) is 84.7 Å². The molecule has 1 aromatic carbocycles. The Labute approximate surface area is 158 Å². The Balaban J connectivity index is 1.70. The third kappa shape index (κ3) is 4.48. The van der Waals surface area contributed by atoms with Gasteiger partial charge in [-0.15, -0.1) is 0 Å². The van der Waals surface area contributed by atoms with E-state index in [1.165, 1.54) is 0 Å². The third-order valence-electron chi connectivity index (χ3n) is 4.59. The summed E-state index contributed by atoms with van der Waals surface area (Å²) >= 11 is 0. The second-order valence-electron chi connectivity index (χ2n) is 7.06. The van der Waals surface area contributed by atoms with Gasteiger partial charge in [0, 0.05) is 30.8 Å². The van der Waals surface area contributed by atoms with Crippen molar-refractivity contribution >= 4 is 11.8 Å². The molecule has 1 aliphatic heterocycles. The average molecular weight is 371 g/mol. The molecule has 7 heteroatoms. The van der Waals surface area contributed by atoms with Crippen LogP contribution in [0.2, 0.25) is 0 Å². The fraction of sp³-hybridized carbons (Fsp3) is 0.450. The summed E-state index contributed by atoms with van der Waals surface area (Å²) in [7, 11) is 1.59. The molecular weight excluding hydrogens is 346 g/mol. The largest absolute Gasteiger partial charge is 0.497 e. The van der Waals surface area contributed by atoms with E-state index in [4.69, 9.17) is 9.26 Å². The molecule has 7 nitrogen and oxygen atoms in total. The highest BCUT2D eigenvalue weighted by atomic mass is 16.5. The predicted octanol–water partition coefficient (Wildman–Crippen LogP) is 2.73. The maximum absolute atomic E-state index is 12.8. The molecule has 1 atom stereocenters. The summed E-state index contributed by atoms with van der Waals surface area (Å²) in [6.45, 7) is 4.88. The summed E-state index contributed by atoms with van der Waals surface area (Å²) in [6.07, 6.45) is 1.58. The minimum atomic E-state index is -0.213. The van der Waals surface area contributed by atoms with Crippen LogP contribution in [0, 0.1) is 5.92 Å². The fourth-order valence-electron chi connectivity index (χ4n) is 3.23. The molecule has 1 fully saturated rings. The molecule has 0 bridgehead atoms. The van der Waals surface area contributed by atoms with Crippen LogP contribution in [0.3, 0.4) is 0 Å². The third-order valence-corrected chi connectivity index (χ3v) is 4.59. The molecular formula is C20H25N3O4. The molecule has 2 amide bonds.